The van der Waals surface area contributed by atoms with E-state index in [-0.39, 0.29) is 24.0 Å². The lowest BCUT2D eigenvalue weighted by Gasteiger charge is -2.14. The number of imidazole rings is 1. The number of aryl methyl sites for hydroxylation is 2. The Morgan fingerprint density at radius 1 is 1.26 bits per heavy atom. The number of hydrogen-bond acceptors (Lipinski definition) is 4. The lowest BCUT2D eigenvalue weighted by molar-refractivity contribution is 0.311. The van der Waals surface area contributed by atoms with E-state index in [9.17, 15) is 0 Å². The minimum Gasteiger partial charge on any atom is -0.493 e. The van der Waals surface area contributed by atoms with Crippen LogP contribution >= 0.6 is 24.0 Å². The molecule has 1 heterocycles. The highest BCUT2D eigenvalue weighted by Gasteiger charge is 2.06. The Labute approximate surface area is 178 Å². The summed E-state index contributed by atoms with van der Waals surface area (Å²) in [4.78, 5) is 8.50. The van der Waals surface area contributed by atoms with Crippen LogP contribution in [0.5, 0.6) is 11.5 Å². The minimum absolute atomic E-state index is 0. The summed E-state index contributed by atoms with van der Waals surface area (Å²) in [6.07, 6.45) is 5.98. The first-order chi connectivity index (χ1) is 12.7. The van der Waals surface area contributed by atoms with Crippen molar-refractivity contribution in [2.75, 3.05) is 32.6 Å². The van der Waals surface area contributed by atoms with E-state index in [1.54, 1.807) is 14.2 Å². The van der Waals surface area contributed by atoms with Crippen LogP contribution in [0.25, 0.3) is 0 Å². The van der Waals surface area contributed by atoms with Crippen molar-refractivity contribution in [2.45, 2.75) is 33.2 Å². The highest BCUT2D eigenvalue weighted by Crippen LogP contribution is 2.30. The van der Waals surface area contributed by atoms with Crippen molar-refractivity contribution < 1.29 is 9.47 Å². The van der Waals surface area contributed by atoms with Gasteiger partial charge in [-0.05, 0) is 38.8 Å². The number of benzene rings is 1. The van der Waals surface area contributed by atoms with Crippen molar-refractivity contribution >= 4 is 35.6 Å². The minimum atomic E-state index is 0. The van der Waals surface area contributed by atoms with Gasteiger partial charge < -0.3 is 24.7 Å². The van der Waals surface area contributed by atoms with E-state index in [0.717, 1.165) is 49.2 Å². The number of guanidine groups is 1. The number of aliphatic imine (C=N–C) groups is 1. The molecule has 0 saturated carbocycles. The van der Waals surface area contributed by atoms with Crippen LogP contribution in [0.1, 0.15) is 25.6 Å². The molecule has 0 aliphatic heterocycles. The highest BCUT2D eigenvalue weighted by atomic mass is 127. The topological polar surface area (TPSA) is 72.7 Å². The SMILES string of the molecule is CCOc1ccc(NC(=NC)NCCCCn2ccnc2C)cc1OC.I. The van der Waals surface area contributed by atoms with Gasteiger partial charge in [-0.3, -0.25) is 4.99 Å². The van der Waals surface area contributed by atoms with Crippen molar-refractivity contribution in [1.29, 1.82) is 0 Å². The zero-order valence-electron chi connectivity index (χ0n) is 16.5. The molecule has 0 aliphatic rings. The number of methoxy groups -OCH3 is 1. The number of aromatic nitrogens is 2. The molecule has 0 radical (unpaired) electrons. The van der Waals surface area contributed by atoms with Crippen LogP contribution in [0, 0.1) is 6.92 Å². The van der Waals surface area contributed by atoms with E-state index in [1.165, 1.54) is 0 Å². The third kappa shape index (κ3) is 7.28. The molecule has 0 bridgehead atoms. The number of nitrogens with zero attached hydrogens (tertiary/aromatic N) is 3. The molecule has 2 N–H and O–H groups in total. The molecule has 0 spiro atoms. The maximum Gasteiger partial charge on any atom is 0.195 e. The van der Waals surface area contributed by atoms with Crippen LogP contribution < -0.4 is 20.1 Å². The summed E-state index contributed by atoms with van der Waals surface area (Å²) >= 11 is 0. The van der Waals surface area contributed by atoms with Crippen molar-refractivity contribution in [1.82, 2.24) is 14.9 Å². The van der Waals surface area contributed by atoms with Crippen molar-refractivity contribution in [3.8, 4) is 11.5 Å². The van der Waals surface area contributed by atoms with Crippen molar-refractivity contribution in [3.05, 3.63) is 36.4 Å². The fourth-order valence-corrected chi connectivity index (χ4v) is 2.59. The van der Waals surface area contributed by atoms with Crippen LogP contribution in [0.2, 0.25) is 0 Å². The molecule has 8 heteroatoms. The van der Waals surface area contributed by atoms with Gasteiger partial charge in [0, 0.05) is 44.3 Å². The third-order valence-corrected chi connectivity index (χ3v) is 3.99. The monoisotopic (exact) mass is 487 g/mol. The molecule has 1 aromatic heterocycles. The van der Waals surface area contributed by atoms with Gasteiger partial charge in [0.25, 0.3) is 0 Å². The Hall–Kier alpha value is -1.97. The summed E-state index contributed by atoms with van der Waals surface area (Å²) in [6.45, 7) is 6.41. The van der Waals surface area contributed by atoms with Gasteiger partial charge in [-0.15, -0.1) is 24.0 Å². The van der Waals surface area contributed by atoms with Crippen LogP contribution in [0.15, 0.2) is 35.6 Å². The second-order valence-corrected chi connectivity index (χ2v) is 5.80. The molecule has 0 atom stereocenters. The second-order valence-electron chi connectivity index (χ2n) is 5.80. The van der Waals surface area contributed by atoms with Crippen LogP contribution in [-0.4, -0.2) is 42.8 Å². The molecule has 2 rings (SSSR count). The summed E-state index contributed by atoms with van der Waals surface area (Å²) in [5.74, 6) is 3.22. The molecule has 7 nitrogen and oxygen atoms in total. The Balaban J connectivity index is 0.00000364. The molecule has 1 aromatic carbocycles. The normalized spacial score (nSPS) is 10.9. The number of halogens is 1. The number of ether oxygens (including phenoxy) is 2. The van der Waals surface area contributed by atoms with Crippen LogP contribution in [0.3, 0.4) is 0 Å². The maximum absolute atomic E-state index is 5.54. The zero-order valence-corrected chi connectivity index (χ0v) is 18.8. The molecule has 0 aliphatic carbocycles. The van der Waals surface area contributed by atoms with Gasteiger partial charge >= 0.3 is 0 Å². The Morgan fingerprint density at radius 3 is 2.70 bits per heavy atom. The number of unbranched alkanes of at least 4 members (excludes halogenated alkanes) is 1. The molecule has 0 saturated heterocycles. The van der Waals surface area contributed by atoms with Crippen LogP contribution in [0.4, 0.5) is 5.69 Å². The lowest BCUT2D eigenvalue weighted by atomic mass is 10.2. The van der Waals surface area contributed by atoms with Crippen molar-refractivity contribution in [3.63, 3.8) is 0 Å². The predicted octanol–water partition coefficient (Wildman–Crippen LogP) is 3.68. The van der Waals surface area contributed by atoms with Gasteiger partial charge in [-0.2, -0.15) is 0 Å². The predicted molar refractivity (Wildman–Crippen MR) is 121 cm³/mol. The summed E-state index contributed by atoms with van der Waals surface area (Å²) < 4.78 is 13.1. The average molecular weight is 487 g/mol. The Kier molecular flexibility index (Phi) is 10.6. The Bertz CT molecular complexity index is 718. The van der Waals surface area contributed by atoms with E-state index in [1.807, 2.05) is 44.4 Å². The second kappa shape index (κ2) is 12.4. The number of hydrogen-bond donors (Lipinski definition) is 2. The summed E-state index contributed by atoms with van der Waals surface area (Å²) in [5, 5.41) is 6.61. The number of nitrogens with one attached hydrogen (secondary N) is 2. The Morgan fingerprint density at radius 2 is 2.07 bits per heavy atom. The van der Waals surface area contributed by atoms with E-state index < -0.39 is 0 Å². The van der Waals surface area contributed by atoms with Gasteiger partial charge in [0.05, 0.1) is 13.7 Å². The molecule has 0 amide bonds. The van der Waals surface area contributed by atoms with Gasteiger partial charge in [-0.25, -0.2) is 4.98 Å². The quantitative estimate of drug-likeness (QED) is 0.244. The van der Waals surface area contributed by atoms with Gasteiger partial charge in [0.15, 0.2) is 17.5 Å². The molecule has 0 fully saturated rings. The summed E-state index contributed by atoms with van der Waals surface area (Å²) in [7, 11) is 3.40. The summed E-state index contributed by atoms with van der Waals surface area (Å²) in [6, 6.07) is 5.74. The molecular formula is C19H30IN5O2. The number of anilines is 1. The average Bonchev–Trinajstić information content (AvgIpc) is 3.06. The van der Waals surface area contributed by atoms with Crippen LogP contribution in [-0.2, 0) is 6.54 Å². The fraction of sp³-hybridized carbons (Fsp3) is 0.474. The molecule has 2 aromatic rings. The maximum atomic E-state index is 5.54. The first-order valence-electron chi connectivity index (χ1n) is 8.94. The highest BCUT2D eigenvalue weighted by molar-refractivity contribution is 14.0. The molecule has 27 heavy (non-hydrogen) atoms. The van der Waals surface area contributed by atoms with E-state index in [2.05, 4.69) is 25.2 Å². The fourth-order valence-electron chi connectivity index (χ4n) is 2.59. The van der Waals surface area contributed by atoms with Crippen molar-refractivity contribution in [2.24, 2.45) is 4.99 Å². The first-order valence-corrected chi connectivity index (χ1v) is 8.94. The van der Waals surface area contributed by atoms with E-state index in [4.69, 9.17) is 9.47 Å². The largest absolute Gasteiger partial charge is 0.493 e. The smallest absolute Gasteiger partial charge is 0.195 e. The van der Waals surface area contributed by atoms with E-state index in [0.29, 0.717) is 12.4 Å². The molecule has 150 valence electrons. The number of rotatable bonds is 9. The van der Waals surface area contributed by atoms with Gasteiger partial charge in [0.1, 0.15) is 5.82 Å². The lowest BCUT2D eigenvalue weighted by Crippen LogP contribution is -2.31. The summed E-state index contributed by atoms with van der Waals surface area (Å²) in [5.41, 5.74) is 0.896. The van der Waals surface area contributed by atoms with Gasteiger partial charge in [-0.1, -0.05) is 0 Å². The van der Waals surface area contributed by atoms with E-state index >= 15 is 0 Å². The molecular weight excluding hydrogens is 457 g/mol. The third-order valence-electron chi connectivity index (χ3n) is 3.99. The molecule has 0 unspecified atom stereocenters. The van der Waals surface area contributed by atoms with Gasteiger partial charge in [0.2, 0.25) is 0 Å². The first kappa shape index (κ1) is 23.1. The standard InChI is InChI=1S/C19H29N5O2.HI/c1-5-26-17-9-8-16(14-18(17)25-4)23-19(20-3)22-10-6-7-12-24-13-11-21-15(24)2;/h8-9,11,13-14H,5-7,10,12H2,1-4H3,(H2,20,22,23);1H. The zero-order chi connectivity index (χ0) is 18.8.